The Bertz CT molecular complexity index is 973. The van der Waals surface area contributed by atoms with Crippen molar-refractivity contribution in [3.05, 3.63) is 65.7 Å². The molecule has 2 aromatic rings. The smallest absolute Gasteiger partial charge is 0.340 e. The number of ether oxygens (including phenoxy) is 1. The van der Waals surface area contributed by atoms with Crippen molar-refractivity contribution in [1.29, 1.82) is 0 Å². The van der Waals surface area contributed by atoms with Gasteiger partial charge >= 0.3 is 5.97 Å². The van der Waals surface area contributed by atoms with Crippen LogP contribution in [0.1, 0.15) is 34.6 Å². The van der Waals surface area contributed by atoms with Crippen molar-refractivity contribution >= 4 is 27.6 Å². The van der Waals surface area contributed by atoms with E-state index < -0.39 is 33.7 Å². The molecule has 0 saturated carbocycles. The molecule has 0 aliphatic rings. The fourth-order valence-electron chi connectivity index (χ4n) is 2.22. The predicted octanol–water partition coefficient (Wildman–Crippen LogP) is 1.49. The summed E-state index contributed by atoms with van der Waals surface area (Å²) >= 11 is 0. The maximum absolute atomic E-state index is 12.3. The molecule has 0 unspecified atom stereocenters. The van der Waals surface area contributed by atoms with Crippen LogP contribution in [0, 0.1) is 0 Å². The van der Waals surface area contributed by atoms with Gasteiger partial charge < -0.3 is 4.74 Å². The van der Waals surface area contributed by atoms with Crippen LogP contribution in [0.3, 0.4) is 0 Å². The van der Waals surface area contributed by atoms with E-state index in [1.165, 1.54) is 38.1 Å². The zero-order valence-corrected chi connectivity index (χ0v) is 16.2. The summed E-state index contributed by atoms with van der Waals surface area (Å²) in [6.07, 6.45) is -1.26. The predicted molar refractivity (Wildman–Crippen MR) is 101 cm³/mol. The first-order valence-corrected chi connectivity index (χ1v) is 10.1. The number of carbonyl (C=O) groups is 3. The zero-order valence-electron chi connectivity index (χ0n) is 15.3. The lowest BCUT2D eigenvalue weighted by Gasteiger charge is -2.15. The average molecular weight is 404 g/mol. The molecule has 2 rings (SSSR count). The van der Waals surface area contributed by atoms with Crippen LogP contribution in [0.5, 0.6) is 0 Å². The summed E-state index contributed by atoms with van der Waals surface area (Å²) in [5.74, 6) is -2.44. The van der Waals surface area contributed by atoms with Crippen LogP contribution >= 0.6 is 0 Å². The summed E-state index contributed by atoms with van der Waals surface area (Å²) in [6.45, 7) is 2.77. The van der Waals surface area contributed by atoms with Gasteiger partial charge in [-0.2, -0.15) is 0 Å². The van der Waals surface area contributed by atoms with Crippen molar-refractivity contribution in [3.8, 4) is 0 Å². The molecular weight excluding hydrogens is 384 g/mol. The van der Waals surface area contributed by atoms with E-state index in [1.54, 1.807) is 30.3 Å². The molecule has 8 nitrogen and oxygen atoms in total. The number of hydrogen-bond acceptors (Lipinski definition) is 6. The zero-order chi connectivity index (χ0) is 20.7. The first-order chi connectivity index (χ1) is 13.3. The van der Waals surface area contributed by atoms with E-state index in [1.807, 2.05) is 0 Å². The summed E-state index contributed by atoms with van der Waals surface area (Å²) < 4.78 is 29.3. The van der Waals surface area contributed by atoms with Crippen molar-refractivity contribution in [2.45, 2.75) is 24.8 Å². The molecule has 0 spiro atoms. The Morgan fingerprint density at radius 1 is 0.964 bits per heavy atom. The van der Waals surface area contributed by atoms with Crippen LogP contribution in [-0.4, -0.2) is 38.1 Å². The summed E-state index contributed by atoms with van der Waals surface area (Å²) in [5, 5.41) is 0. The molecule has 2 amide bonds. The molecule has 2 aromatic carbocycles. The summed E-state index contributed by atoms with van der Waals surface area (Å²) in [6, 6.07) is 13.8. The van der Waals surface area contributed by atoms with Crippen molar-refractivity contribution in [2.75, 3.05) is 5.75 Å². The third-order valence-electron chi connectivity index (χ3n) is 3.81. The second-order valence-electron chi connectivity index (χ2n) is 5.76. The summed E-state index contributed by atoms with van der Waals surface area (Å²) in [4.78, 5) is 36.2. The lowest BCUT2D eigenvalue weighted by molar-refractivity contribution is -0.129. The van der Waals surface area contributed by atoms with Gasteiger partial charge in [0, 0.05) is 5.56 Å². The molecule has 0 aliphatic carbocycles. The van der Waals surface area contributed by atoms with Crippen LogP contribution in [0.15, 0.2) is 59.5 Å². The van der Waals surface area contributed by atoms with E-state index in [0.717, 1.165) is 0 Å². The maximum atomic E-state index is 12.3. The minimum Gasteiger partial charge on any atom is -0.449 e. The standard InChI is InChI=1S/C19H20N2O6S/c1-3-28(25,26)16-12-8-7-11-15(16)19(24)27-13(2)17(22)20-21-18(23)14-9-5-4-6-10-14/h4-13H,3H2,1-2H3,(H,20,22)(H,21,23)/t13-/m1/s1. The molecule has 148 valence electrons. The number of rotatable bonds is 6. The van der Waals surface area contributed by atoms with E-state index in [-0.39, 0.29) is 16.2 Å². The van der Waals surface area contributed by atoms with Gasteiger partial charge in [0.15, 0.2) is 15.9 Å². The molecule has 9 heteroatoms. The number of amides is 2. The summed E-state index contributed by atoms with van der Waals surface area (Å²) in [7, 11) is -3.64. The first-order valence-electron chi connectivity index (χ1n) is 8.44. The van der Waals surface area contributed by atoms with Crippen LogP contribution in [0.4, 0.5) is 0 Å². The molecule has 0 fully saturated rings. The van der Waals surface area contributed by atoms with Crippen LogP contribution < -0.4 is 10.9 Å². The van der Waals surface area contributed by atoms with Gasteiger partial charge in [0.1, 0.15) is 0 Å². The normalized spacial score (nSPS) is 11.9. The van der Waals surface area contributed by atoms with E-state index in [4.69, 9.17) is 4.74 Å². The SMILES string of the molecule is CCS(=O)(=O)c1ccccc1C(=O)O[C@H](C)C(=O)NNC(=O)c1ccccc1. The van der Waals surface area contributed by atoms with Gasteiger partial charge in [-0.25, -0.2) is 13.2 Å². The van der Waals surface area contributed by atoms with Crippen molar-refractivity contribution < 1.29 is 27.5 Å². The molecule has 1 atom stereocenters. The van der Waals surface area contributed by atoms with Crippen LogP contribution in [0.25, 0.3) is 0 Å². The second-order valence-corrected chi connectivity index (χ2v) is 8.00. The van der Waals surface area contributed by atoms with Crippen molar-refractivity contribution in [1.82, 2.24) is 10.9 Å². The van der Waals surface area contributed by atoms with Crippen molar-refractivity contribution in [2.24, 2.45) is 0 Å². The number of carbonyl (C=O) groups excluding carboxylic acids is 3. The van der Waals surface area contributed by atoms with Crippen LogP contribution in [-0.2, 0) is 19.4 Å². The van der Waals surface area contributed by atoms with E-state index in [0.29, 0.717) is 5.56 Å². The van der Waals surface area contributed by atoms with Crippen LogP contribution in [0.2, 0.25) is 0 Å². The molecule has 0 aromatic heterocycles. The number of hydrazine groups is 1. The highest BCUT2D eigenvalue weighted by molar-refractivity contribution is 7.91. The first kappa shape index (κ1) is 21.1. The third-order valence-corrected chi connectivity index (χ3v) is 5.60. The third kappa shape index (κ3) is 5.17. The Morgan fingerprint density at radius 2 is 1.57 bits per heavy atom. The monoisotopic (exact) mass is 404 g/mol. The van der Waals surface area contributed by atoms with Gasteiger partial charge in [0.2, 0.25) is 0 Å². The topological polar surface area (TPSA) is 119 Å². The summed E-state index contributed by atoms with van der Waals surface area (Å²) in [5.41, 5.74) is 4.56. The maximum Gasteiger partial charge on any atom is 0.340 e. The fraction of sp³-hybridized carbons (Fsp3) is 0.211. The molecular formula is C19H20N2O6S. The van der Waals surface area contributed by atoms with E-state index in [2.05, 4.69) is 10.9 Å². The molecule has 0 radical (unpaired) electrons. The molecule has 0 heterocycles. The molecule has 28 heavy (non-hydrogen) atoms. The fourth-order valence-corrected chi connectivity index (χ4v) is 3.30. The lowest BCUT2D eigenvalue weighted by atomic mass is 10.2. The number of nitrogens with one attached hydrogen (secondary N) is 2. The number of sulfone groups is 1. The van der Waals surface area contributed by atoms with E-state index >= 15 is 0 Å². The van der Waals surface area contributed by atoms with Gasteiger partial charge in [0.25, 0.3) is 11.8 Å². The Kier molecular flexibility index (Phi) is 6.89. The number of esters is 1. The van der Waals surface area contributed by atoms with Gasteiger partial charge in [-0.15, -0.1) is 0 Å². The average Bonchev–Trinajstić information content (AvgIpc) is 2.72. The van der Waals surface area contributed by atoms with Gasteiger partial charge in [-0.05, 0) is 31.2 Å². The Hall–Kier alpha value is -3.20. The Balaban J connectivity index is 2.01. The van der Waals surface area contributed by atoms with Crippen molar-refractivity contribution in [3.63, 3.8) is 0 Å². The highest BCUT2D eigenvalue weighted by atomic mass is 32.2. The van der Waals surface area contributed by atoms with Gasteiger partial charge in [-0.3, -0.25) is 20.4 Å². The molecule has 0 saturated heterocycles. The van der Waals surface area contributed by atoms with Gasteiger partial charge in [-0.1, -0.05) is 37.3 Å². The minimum absolute atomic E-state index is 0.155. The largest absolute Gasteiger partial charge is 0.449 e. The number of benzene rings is 2. The highest BCUT2D eigenvalue weighted by Crippen LogP contribution is 2.18. The highest BCUT2D eigenvalue weighted by Gasteiger charge is 2.25. The van der Waals surface area contributed by atoms with Gasteiger partial charge in [0.05, 0.1) is 16.2 Å². The second kappa shape index (κ2) is 9.14. The molecule has 0 aliphatic heterocycles. The number of hydrogen-bond donors (Lipinski definition) is 2. The minimum atomic E-state index is -3.64. The Labute approximate surface area is 162 Å². The lowest BCUT2D eigenvalue weighted by Crippen LogP contribution is -2.46. The molecule has 2 N–H and O–H groups in total. The van der Waals surface area contributed by atoms with E-state index in [9.17, 15) is 22.8 Å². The Morgan fingerprint density at radius 3 is 2.21 bits per heavy atom. The molecule has 0 bridgehead atoms. The quantitative estimate of drug-likeness (QED) is 0.556.